The maximum Gasteiger partial charge on any atom is 0.331 e. The molecule has 0 unspecified atom stereocenters. The Hall–Kier alpha value is -0.693. The smallest absolute Gasteiger partial charge is 0.331 e. The maximum absolute atomic E-state index is 11.5. The van der Waals surface area contributed by atoms with Gasteiger partial charge in [0.1, 0.15) is 6.10 Å². The average molecular weight is 429 g/mol. The van der Waals surface area contributed by atoms with Gasteiger partial charge in [-0.05, 0) is 37.0 Å². The largest absolute Gasteiger partial charge is 0.452 e. The number of aliphatic hydroxyl groups excluding tert-OH is 2. The Bertz CT molecular complexity index is 498. The fraction of sp³-hybridized carbons (Fsp3) is 0.870. The van der Waals surface area contributed by atoms with E-state index in [4.69, 9.17) is 14.3 Å². The van der Waals surface area contributed by atoms with Crippen LogP contribution >= 0.6 is 0 Å². The van der Waals surface area contributed by atoms with Gasteiger partial charge < -0.3 is 19.4 Å². The van der Waals surface area contributed by atoms with Crippen molar-refractivity contribution in [2.45, 2.75) is 121 Å². The van der Waals surface area contributed by atoms with E-state index in [-0.39, 0.29) is 29.8 Å². The average Bonchev–Trinajstić information content (AvgIpc) is 3.07. The number of unbranched alkanes of at least 4 members (excludes halogenated alkanes) is 7. The molecule has 0 saturated carbocycles. The fourth-order valence-corrected chi connectivity index (χ4v) is 4.67. The lowest BCUT2D eigenvalue weighted by Gasteiger charge is -2.40. The molecule has 6 heteroatoms. The topological polar surface area (TPSA) is 76.0 Å². The van der Waals surface area contributed by atoms with Crippen molar-refractivity contribution < 1.29 is 24.2 Å². The van der Waals surface area contributed by atoms with E-state index in [1.54, 1.807) is 0 Å². The summed E-state index contributed by atoms with van der Waals surface area (Å²) >= 11 is 0. The van der Waals surface area contributed by atoms with Crippen molar-refractivity contribution in [2.24, 2.45) is 0 Å². The number of hydrogen-bond acceptors (Lipinski definition) is 5. The zero-order valence-electron chi connectivity index (χ0n) is 19.3. The minimum atomic E-state index is -1.92. The normalized spacial score (nSPS) is 19.4. The summed E-state index contributed by atoms with van der Waals surface area (Å²) in [6.45, 7) is 11.1. The molecule has 0 fully saturated rings. The third-order valence-corrected chi connectivity index (χ3v) is 10.8. The summed E-state index contributed by atoms with van der Waals surface area (Å²) in [7, 11) is -1.92. The van der Waals surface area contributed by atoms with Crippen LogP contribution in [0.25, 0.3) is 0 Å². The van der Waals surface area contributed by atoms with Gasteiger partial charge in [0.2, 0.25) is 0 Å². The third-order valence-electron chi connectivity index (χ3n) is 6.28. The van der Waals surface area contributed by atoms with E-state index in [9.17, 15) is 9.90 Å². The number of rotatable bonds is 15. The minimum Gasteiger partial charge on any atom is -0.452 e. The first-order valence-corrected chi connectivity index (χ1v) is 14.3. The second-order valence-corrected chi connectivity index (χ2v) is 14.7. The molecule has 0 aliphatic carbocycles. The fourth-order valence-electron chi connectivity index (χ4n) is 3.31. The summed E-state index contributed by atoms with van der Waals surface area (Å²) in [6, 6.07) is 0. The first kappa shape index (κ1) is 26.3. The van der Waals surface area contributed by atoms with Crippen LogP contribution in [0.1, 0.15) is 85.0 Å². The van der Waals surface area contributed by atoms with E-state index in [0.29, 0.717) is 6.42 Å². The molecular weight excluding hydrogens is 384 g/mol. The van der Waals surface area contributed by atoms with Crippen molar-refractivity contribution in [3.63, 3.8) is 0 Å². The van der Waals surface area contributed by atoms with Crippen molar-refractivity contribution in [1.82, 2.24) is 0 Å². The molecule has 1 aliphatic rings. The molecule has 0 saturated heterocycles. The quantitative estimate of drug-likeness (QED) is 0.215. The predicted molar refractivity (Wildman–Crippen MR) is 120 cm³/mol. The van der Waals surface area contributed by atoms with E-state index in [2.05, 4.69) is 33.9 Å². The standard InChI is InChI=1S/C23H44O5Si/c1-23(2,3)29(4,5)28-21(20-16-17-22(26)27-20)15-13-11-9-7-6-8-10-12-14-19(25)18-24/h16-17,19-21,24-25H,6-15,18H2,1-5H3/t19-,20-,21-/m1/s1. The first-order chi connectivity index (χ1) is 13.6. The van der Waals surface area contributed by atoms with E-state index in [1.165, 1.54) is 38.2 Å². The third kappa shape index (κ3) is 10.2. The zero-order valence-corrected chi connectivity index (χ0v) is 20.3. The van der Waals surface area contributed by atoms with Gasteiger partial charge in [0, 0.05) is 6.08 Å². The van der Waals surface area contributed by atoms with E-state index < -0.39 is 14.4 Å². The Labute approximate surface area is 179 Å². The second-order valence-electron chi connectivity index (χ2n) is 9.92. The maximum atomic E-state index is 11.5. The Balaban J connectivity index is 2.27. The molecule has 0 aromatic carbocycles. The first-order valence-electron chi connectivity index (χ1n) is 11.4. The molecule has 1 heterocycles. The van der Waals surface area contributed by atoms with Gasteiger partial charge >= 0.3 is 5.97 Å². The second kappa shape index (κ2) is 12.9. The number of carbonyl (C=O) groups is 1. The molecule has 0 bridgehead atoms. The number of esters is 1. The van der Waals surface area contributed by atoms with Crippen LogP contribution in [0.15, 0.2) is 12.2 Å². The van der Waals surface area contributed by atoms with Crippen LogP contribution in [-0.2, 0) is 14.0 Å². The van der Waals surface area contributed by atoms with Gasteiger partial charge in [0.25, 0.3) is 0 Å². The van der Waals surface area contributed by atoms with Crippen LogP contribution in [0.5, 0.6) is 0 Å². The highest BCUT2D eigenvalue weighted by Gasteiger charge is 2.41. The Morgan fingerprint density at radius 2 is 1.55 bits per heavy atom. The van der Waals surface area contributed by atoms with Crippen LogP contribution in [-0.4, -0.2) is 49.4 Å². The van der Waals surface area contributed by atoms with Gasteiger partial charge in [0.15, 0.2) is 8.32 Å². The Kier molecular flexibility index (Phi) is 11.7. The Morgan fingerprint density at radius 1 is 1.03 bits per heavy atom. The van der Waals surface area contributed by atoms with Crippen LogP contribution in [0.4, 0.5) is 0 Å². The van der Waals surface area contributed by atoms with Crippen molar-refractivity contribution >= 4 is 14.3 Å². The molecule has 1 aliphatic heterocycles. The van der Waals surface area contributed by atoms with Gasteiger partial charge in [-0.25, -0.2) is 4.79 Å². The molecule has 3 atom stereocenters. The van der Waals surface area contributed by atoms with E-state index in [0.717, 1.165) is 25.7 Å². The molecule has 29 heavy (non-hydrogen) atoms. The molecule has 0 aromatic heterocycles. The van der Waals surface area contributed by atoms with Gasteiger partial charge in [-0.3, -0.25) is 0 Å². The lowest BCUT2D eigenvalue weighted by atomic mass is 10.0. The van der Waals surface area contributed by atoms with Gasteiger partial charge in [-0.2, -0.15) is 0 Å². The lowest BCUT2D eigenvalue weighted by molar-refractivity contribution is -0.142. The highest BCUT2D eigenvalue weighted by molar-refractivity contribution is 6.74. The van der Waals surface area contributed by atoms with Crippen LogP contribution in [0.3, 0.4) is 0 Å². The van der Waals surface area contributed by atoms with Gasteiger partial charge in [0.05, 0.1) is 18.8 Å². The summed E-state index contributed by atoms with van der Waals surface area (Å²) in [6.07, 6.45) is 13.4. The summed E-state index contributed by atoms with van der Waals surface area (Å²) < 4.78 is 12.1. The molecule has 5 nitrogen and oxygen atoms in total. The summed E-state index contributed by atoms with van der Waals surface area (Å²) in [5.74, 6) is -0.259. The van der Waals surface area contributed by atoms with Crippen molar-refractivity contribution in [3.05, 3.63) is 12.2 Å². The summed E-state index contributed by atoms with van der Waals surface area (Å²) in [4.78, 5) is 11.5. The van der Waals surface area contributed by atoms with Gasteiger partial charge in [-0.1, -0.05) is 72.1 Å². The molecule has 0 spiro atoms. The number of aliphatic hydroxyl groups is 2. The molecule has 0 radical (unpaired) electrons. The van der Waals surface area contributed by atoms with Crippen molar-refractivity contribution in [3.8, 4) is 0 Å². The SMILES string of the molecule is CC(C)(C)[Si](C)(C)O[C@H](CCCCCCCCCC[C@@H](O)CO)[C@H]1C=CC(=O)O1. The molecule has 0 aromatic rings. The van der Waals surface area contributed by atoms with Crippen molar-refractivity contribution in [1.29, 1.82) is 0 Å². The predicted octanol–water partition coefficient (Wildman–Crippen LogP) is 5.11. The monoisotopic (exact) mass is 428 g/mol. The van der Waals surface area contributed by atoms with Crippen LogP contribution < -0.4 is 0 Å². The van der Waals surface area contributed by atoms with Crippen LogP contribution in [0, 0.1) is 0 Å². The Morgan fingerprint density at radius 3 is 2.00 bits per heavy atom. The molecule has 170 valence electrons. The number of cyclic esters (lactones) is 1. The number of hydrogen-bond donors (Lipinski definition) is 2. The zero-order chi connectivity index (χ0) is 21.9. The highest BCUT2D eigenvalue weighted by Crippen LogP contribution is 2.38. The summed E-state index contributed by atoms with van der Waals surface area (Å²) in [5, 5.41) is 18.2. The van der Waals surface area contributed by atoms with Gasteiger partial charge in [-0.15, -0.1) is 0 Å². The number of carbonyl (C=O) groups excluding carboxylic acids is 1. The van der Waals surface area contributed by atoms with E-state index >= 15 is 0 Å². The highest BCUT2D eigenvalue weighted by atomic mass is 28.4. The molecule has 1 rings (SSSR count). The molecule has 2 N–H and O–H groups in total. The minimum absolute atomic E-state index is 0.0449. The van der Waals surface area contributed by atoms with E-state index in [1.807, 2.05) is 6.08 Å². The summed E-state index contributed by atoms with van der Waals surface area (Å²) in [5.41, 5.74) is 0. The molecule has 0 amide bonds. The van der Waals surface area contributed by atoms with Crippen LogP contribution in [0.2, 0.25) is 18.1 Å². The molecular formula is C23H44O5Si. The van der Waals surface area contributed by atoms with Crippen molar-refractivity contribution in [2.75, 3.05) is 6.61 Å². The number of ether oxygens (including phenoxy) is 1. The lowest BCUT2D eigenvalue weighted by Crippen LogP contribution is -2.47.